The monoisotopic (exact) mass is 536 g/mol. The second-order valence-electron chi connectivity index (χ2n) is 9.79. The average molecular weight is 537 g/mol. The Morgan fingerprint density at radius 1 is 0.769 bits per heavy atom. The van der Waals surface area contributed by atoms with Crippen molar-refractivity contribution in [3.63, 3.8) is 0 Å². The van der Waals surface area contributed by atoms with Crippen molar-refractivity contribution in [2.75, 3.05) is 39.4 Å². The maximum absolute atomic E-state index is 14.2. The molecule has 0 atom stereocenters. The first-order valence-corrected chi connectivity index (χ1v) is 13.0. The van der Waals surface area contributed by atoms with Crippen LogP contribution in [0, 0.1) is 17.5 Å². The minimum absolute atomic E-state index is 0.156. The van der Waals surface area contributed by atoms with Gasteiger partial charge in [0.15, 0.2) is 5.60 Å². The van der Waals surface area contributed by atoms with Crippen molar-refractivity contribution in [2.24, 2.45) is 0 Å². The third-order valence-corrected chi connectivity index (χ3v) is 7.04. The summed E-state index contributed by atoms with van der Waals surface area (Å²) in [6.45, 7) is 5.69. The van der Waals surface area contributed by atoms with Gasteiger partial charge in [0.05, 0.1) is 19.8 Å². The Balaban J connectivity index is 1.42. The Labute approximate surface area is 226 Å². The van der Waals surface area contributed by atoms with E-state index in [-0.39, 0.29) is 22.7 Å². The number of halogens is 3. The summed E-state index contributed by atoms with van der Waals surface area (Å²) >= 11 is 0. The normalized spacial score (nSPS) is 14.7. The molecule has 0 unspecified atom stereocenters. The summed E-state index contributed by atoms with van der Waals surface area (Å²) < 4.78 is 53.5. The molecule has 0 radical (unpaired) electrons. The standard InChI is InChI=1S/C31H31F3N2O3/c32-26-9-7-23(8-10-26)21-36(14-13-35-15-17-38-18-16-35)22-29-11-12-30(39-29)31(37,24-3-1-5-27(33)19-24)25-4-2-6-28(34)20-25/h1-12,19-20,37H,13-18,21-22H2. The summed E-state index contributed by atoms with van der Waals surface area (Å²) in [6.07, 6.45) is 0. The first kappa shape index (κ1) is 27.1. The van der Waals surface area contributed by atoms with Crippen LogP contribution in [0.3, 0.4) is 0 Å². The second-order valence-corrected chi connectivity index (χ2v) is 9.79. The molecular formula is C31H31F3N2O3. The summed E-state index contributed by atoms with van der Waals surface area (Å²) in [5, 5.41) is 12.0. The average Bonchev–Trinajstić information content (AvgIpc) is 3.42. The molecule has 2 heterocycles. The minimum atomic E-state index is -1.90. The van der Waals surface area contributed by atoms with Gasteiger partial charge in [0.25, 0.3) is 0 Å². The van der Waals surface area contributed by atoms with Gasteiger partial charge in [0, 0.05) is 32.7 Å². The maximum atomic E-state index is 14.2. The summed E-state index contributed by atoms with van der Waals surface area (Å²) in [5.74, 6) is -0.599. The predicted octanol–water partition coefficient (Wildman–Crippen LogP) is 5.32. The van der Waals surface area contributed by atoms with Crippen molar-refractivity contribution < 1.29 is 27.4 Å². The van der Waals surface area contributed by atoms with E-state index in [0.717, 1.165) is 31.7 Å². The van der Waals surface area contributed by atoms with E-state index < -0.39 is 17.2 Å². The van der Waals surface area contributed by atoms with Crippen LogP contribution in [0.15, 0.2) is 89.3 Å². The van der Waals surface area contributed by atoms with Crippen LogP contribution in [-0.2, 0) is 23.4 Å². The highest BCUT2D eigenvalue weighted by atomic mass is 19.1. The summed E-state index contributed by atoms with van der Waals surface area (Å²) in [6, 6.07) is 21.0. The molecule has 3 aromatic carbocycles. The first-order chi connectivity index (χ1) is 18.9. The smallest absolute Gasteiger partial charge is 0.173 e. The number of benzene rings is 3. The fraction of sp³-hybridized carbons (Fsp3) is 0.290. The molecule has 0 amide bonds. The van der Waals surface area contributed by atoms with Crippen LogP contribution in [0.5, 0.6) is 0 Å². The van der Waals surface area contributed by atoms with E-state index in [0.29, 0.717) is 32.1 Å². The van der Waals surface area contributed by atoms with E-state index in [1.54, 1.807) is 36.4 Å². The van der Waals surface area contributed by atoms with Crippen molar-refractivity contribution in [2.45, 2.75) is 18.7 Å². The third-order valence-electron chi connectivity index (χ3n) is 7.04. The maximum Gasteiger partial charge on any atom is 0.173 e. The zero-order chi connectivity index (χ0) is 27.2. The highest BCUT2D eigenvalue weighted by Crippen LogP contribution is 2.38. The molecule has 0 aliphatic carbocycles. The highest BCUT2D eigenvalue weighted by molar-refractivity contribution is 5.44. The molecule has 0 spiro atoms. The van der Waals surface area contributed by atoms with E-state index in [2.05, 4.69) is 9.80 Å². The van der Waals surface area contributed by atoms with Crippen LogP contribution in [-0.4, -0.2) is 54.3 Å². The zero-order valence-corrected chi connectivity index (χ0v) is 21.5. The largest absolute Gasteiger partial charge is 0.461 e. The van der Waals surface area contributed by atoms with Gasteiger partial charge in [-0.25, -0.2) is 13.2 Å². The van der Waals surface area contributed by atoms with E-state index in [1.165, 1.54) is 48.5 Å². The van der Waals surface area contributed by atoms with Gasteiger partial charge in [-0.05, 0) is 65.2 Å². The number of hydrogen-bond acceptors (Lipinski definition) is 5. The zero-order valence-electron chi connectivity index (χ0n) is 21.5. The molecule has 8 heteroatoms. The predicted molar refractivity (Wildman–Crippen MR) is 141 cm³/mol. The van der Waals surface area contributed by atoms with Crippen LogP contribution in [0.1, 0.15) is 28.2 Å². The molecule has 1 aliphatic rings. The van der Waals surface area contributed by atoms with Crippen molar-refractivity contribution in [1.29, 1.82) is 0 Å². The van der Waals surface area contributed by atoms with Gasteiger partial charge < -0.3 is 14.3 Å². The van der Waals surface area contributed by atoms with E-state index in [4.69, 9.17) is 9.15 Å². The lowest BCUT2D eigenvalue weighted by Crippen LogP contribution is -2.41. The lowest BCUT2D eigenvalue weighted by atomic mass is 9.84. The van der Waals surface area contributed by atoms with Gasteiger partial charge in [0.1, 0.15) is 29.0 Å². The minimum Gasteiger partial charge on any atom is -0.461 e. The van der Waals surface area contributed by atoms with Crippen LogP contribution in [0.4, 0.5) is 13.2 Å². The number of aliphatic hydroxyl groups is 1. The SMILES string of the molecule is OC(c1cccc(F)c1)(c1cccc(F)c1)c1ccc(CN(CCN2CCOCC2)Cc2ccc(F)cc2)o1. The molecular weight excluding hydrogens is 505 g/mol. The lowest BCUT2D eigenvalue weighted by Gasteiger charge is -2.30. The molecule has 1 fully saturated rings. The second kappa shape index (κ2) is 12.2. The van der Waals surface area contributed by atoms with E-state index in [1.807, 2.05) is 0 Å². The van der Waals surface area contributed by atoms with Gasteiger partial charge >= 0.3 is 0 Å². The fourth-order valence-electron chi connectivity index (χ4n) is 4.93. The summed E-state index contributed by atoms with van der Waals surface area (Å²) in [4.78, 5) is 4.52. The molecule has 1 saturated heterocycles. The van der Waals surface area contributed by atoms with Crippen molar-refractivity contribution in [3.05, 3.63) is 131 Å². The van der Waals surface area contributed by atoms with Gasteiger partial charge in [-0.2, -0.15) is 0 Å². The number of morpholine rings is 1. The number of nitrogens with zero attached hydrogens (tertiary/aromatic N) is 2. The molecule has 1 aromatic heterocycles. The van der Waals surface area contributed by atoms with Crippen molar-refractivity contribution in [3.8, 4) is 0 Å². The van der Waals surface area contributed by atoms with Crippen LogP contribution >= 0.6 is 0 Å². The number of furan rings is 1. The summed E-state index contributed by atoms with van der Waals surface area (Å²) in [7, 11) is 0. The topological polar surface area (TPSA) is 49.1 Å². The number of hydrogen-bond donors (Lipinski definition) is 1. The highest BCUT2D eigenvalue weighted by Gasteiger charge is 2.38. The van der Waals surface area contributed by atoms with Gasteiger partial charge in [-0.3, -0.25) is 9.80 Å². The van der Waals surface area contributed by atoms with Gasteiger partial charge in [0.2, 0.25) is 0 Å². The van der Waals surface area contributed by atoms with Gasteiger partial charge in [-0.15, -0.1) is 0 Å². The Kier molecular flexibility index (Phi) is 8.47. The third kappa shape index (κ3) is 6.59. The molecule has 204 valence electrons. The fourth-order valence-corrected chi connectivity index (χ4v) is 4.93. The Morgan fingerprint density at radius 3 is 2.03 bits per heavy atom. The molecule has 0 bridgehead atoms. The van der Waals surface area contributed by atoms with Crippen LogP contribution in [0.25, 0.3) is 0 Å². The van der Waals surface area contributed by atoms with Crippen molar-refractivity contribution in [1.82, 2.24) is 9.80 Å². The molecule has 5 rings (SSSR count). The Bertz CT molecular complexity index is 1320. The Morgan fingerprint density at radius 2 is 1.41 bits per heavy atom. The molecule has 5 nitrogen and oxygen atoms in total. The Hall–Kier alpha value is -3.43. The molecule has 1 aliphatic heterocycles. The summed E-state index contributed by atoms with van der Waals surface area (Å²) in [5.41, 5.74) is -0.493. The van der Waals surface area contributed by atoms with E-state index >= 15 is 0 Å². The molecule has 4 aromatic rings. The number of rotatable bonds is 10. The molecule has 1 N–H and O–H groups in total. The van der Waals surface area contributed by atoms with Crippen molar-refractivity contribution >= 4 is 0 Å². The van der Waals surface area contributed by atoms with Crippen LogP contribution in [0.2, 0.25) is 0 Å². The van der Waals surface area contributed by atoms with Gasteiger partial charge in [-0.1, -0.05) is 36.4 Å². The number of ether oxygens (including phenoxy) is 1. The van der Waals surface area contributed by atoms with Crippen LogP contribution < -0.4 is 0 Å². The quantitative estimate of drug-likeness (QED) is 0.298. The lowest BCUT2D eigenvalue weighted by molar-refractivity contribution is 0.0319. The molecule has 39 heavy (non-hydrogen) atoms. The van der Waals surface area contributed by atoms with E-state index in [9.17, 15) is 18.3 Å². The first-order valence-electron chi connectivity index (χ1n) is 13.0. The molecule has 0 saturated carbocycles.